The highest BCUT2D eigenvalue weighted by molar-refractivity contribution is 14.0. The molecule has 5 nitrogen and oxygen atoms in total. The van der Waals surface area contributed by atoms with Crippen LogP contribution in [-0.4, -0.2) is 70.3 Å². The third-order valence-corrected chi connectivity index (χ3v) is 4.67. The molecule has 1 aromatic carbocycles. The Labute approximate surface area is 169 Å². The van der Waals surface area contributed by atoms with Crippen LogP contribution < -0.4 is 5.32 Å². The first-order chi connectivity index (χ1) is 11.5. The zero-order valence-corrected chi connectivity index (χ0v) is 18.5. The molecule has 0 aromatic heterocycles. The van der Waals surface area contributed by atoms with Crippen LogP contribution in [0.1, 0.15) is 23.6 Å². The maximum Gasteiger partial charge on any atom is 0.193 e. The molecule has 1 saturated heterocycles. The van der Waals surface area contributed by atoms with Gasteiger partial charge in [0.05, 0.1) is 12.6 Å². The number of rotatable bonds is 6. The number of nitrogens with one attached hydrogen (secondary N) is 1. The van der Waals surface area contributed by atoms with Crippen molar-refractivity contribution in [1.29, 1.82) is 0 Å². The molecule has 1 heterocycles. The monoisotopic (exact) mass is 460 g/mol. The van der Waals surface area contributed by atoms with Crippen LogP contribution in [-0.2, 0) is 4.74 Å². The molecule has 2 atom stereocenters. The molecule has 25 heavy (non-hydrogen) atoms. The molecule has 1 N–H and O–H groups in total. The third-order valence-electron chi connectivity index (χ3n) is 4.67. The number of benzene rings is 1. The highest BCUT2D eigenvalue weighted by atomic mass is 127. The van der Waals surface area contributed by atoms with E-state index in [2.05, 4.69) is 72.4 Å². The van der Waals surface area contributed by atoms with Crippen LogP contribution in [0.15, 0.2) is 29.3 Å². The summed E-state index contributed by atoms with van der Waals surface area (Å²) in [6.07, 6.45) is 1.14. The van der Waals surface area contributed by atoms with Crippen molar-refractivity contribution in [3.63, 3.8) is 0 Å². The minimum atomic E-state index is 0. The second-order valence-corrected chi connectivity index (χ2v) is 6.93. The minimum Gasteiger partial charge on any atom is -0.381 e. The summed E-state index contributed by atoms with van der Waals surface area (Å²) in [6, 6.07) is 9.08. The van der Waals surface area contributed by atoms with Crippen LogP contribution >= 0.6 is 24.0 Å². The second-order valence-electron chi connectivity index (χ2n) is 6.93. The molecule has 6 heteroatoms. The van der Waals surface area contributed by atoms with Crippen molar-refractivity contribution in [1.82, 2.24) is 15.1 Å². The van der Waals surface area contributed by atoms with Gasteiger partial charge in [0.15, 0.2) is 5.96 Å². The standard InChI is InChI=1S/C19H32N4O.HI/c1-15-6-8-17(9-7-15)18(22(3)4)12-21-19(20-2)23(5)13-16-10-11-24-14-16;/h6-9,16,18H,10-14H2,1-5H3,(H,20,21);1H. The Kier molecular flexibility index (Phi) is 9.74. The van der Waals surface area contributed by atoms with Gasteiger partial charge < -0.3 is 19.9 Å². The summed E-state index contributed by atoms with van der Waals surface area (Å²) in [7, 11) is 8.19. The number of ether oxygens (including phenoxy) is 1. The van der Waals surface area contributed by atoms with Crippen molar-refractivity contribution < 1.29 is 4.74 Å². The molecule has 0 spiro atoms. The van der Waals surface area contributed by atoms with E-state index in [4.69, 9.17) is 4.74 Å². The van der Waals surface area contributed by atoms with Gasteiger partial charge in [0.25, 0.3) is 0 Å². The van der Waals surface area contributed by atoms with Crippen molar-refractivity contribution in [3.8, 4) is 0 Å². The van der Waals surface area contributed by atoms with Crippen LogP contribution in [0, 0.1) is 12.8 Å². The molecule has 0 bridgehead atoms. The molecule has 0 aliphatic carbocycles. The molecule has 2 rings (SSSR count). The number of hydrogen-bond acceptors (Lipinski definition) is 3. The topological polar surface area (TPSA) is 40.1 Å². The number of nitrogens with zero attached hydrogens (tertiary/aromatic N) is 3. The predicted octanol–water partition coefficient (Wildman–Crippen LogP) is 2.76. The van der Waals surface area contributed by atoms with E-state index in [-0.39, 0.29) is 24.0 Å². The van der Waals surface area contributed by atoms with Crippen LogP contribution in [0.5, 0.6) is 0 Å². The Balaban J connectivity index is 0.00000312. The van der Waals surface area contributed by atoms with E-state index in [1.54, 1.807) is 0 Å². The molecule has 0 radical (unpaired) electrons. The van der Waals surface area contributed by atoms with Crippen molar-refractivity contribution in [3.05, 3.63) is 35.4 Å². The third kappa shape index (κ3) is 6.75. The second kappa shape index (κ2) is 11.0. The first-order valence-corrected chi connectivity index (χ1v) is 8.73. The van der Waals surface area contributed by atoms with Gasteiger partial charge in [0.2, 0.25) is 0 Å². The summed E-state index contributed by atoms with van der Waals surface area (Å²) in [5.74, 6) is 1.55. The molecular formula is C19H33IN4O. The van der Waals surface area contributed by atoms with Crippen LogP contribution in [0.3, 0.4) is 0 Å². The fourth-order valence-electron chi connectivity index (χ4n) is 3.16. The van der Waals surface area contributed by atoms with E-state index in [0.29, 0.717) is 12.0 Å². The molecule has 2 unspecified atom stereocenters. The number of guanidine groups is 1. The van der Waals surface area contributed by atoms with Gasteiger partial charge in [-0.25, -0.2) is 0 Å². The van der Waals surface area contributed by atoms with E-state index in [1.165, 1.54) is 11.1 Å². The smallest absolute Gasteiger partial charge is 0.193 e. The fourth-order valence-corrected chi connectivity index (χ4v) is 3.16. The van der Waals surface area contributed by atoms with E-state index >= 15 is 0 Å². The molecule has 0 saturated carbocycles. The van der Waals surface area contributed by atoms with Gasteiger partial charge in [0, 0.05) is 39.7 Å². The molecule has 1 fully saturated rings. The number of likely N-dealkylation sites (N-methyl/N-ethyl adjacent to an activating group) is 1. The van der Waals surface area contributed by atoms with Crippen molar-refractivity contribution in [2.24, 2.45) is 10.9 Å². The van der Waals surface area contributed by atoms with E-state index in [0.717, 1.165) is 38.7 Å². The first kappa shape index (κ1) is 22.2. The summed E-state index contributed by atoms with van der Waals surface area (Å²) < 4.78 is 5.47. The number of aryl methyl sites for hydroxylation is 1. The zero-order chi connectivity index (χ0) is 17.5. The highest BCUT2D eigenvalue weighted by Crippen LogP contribution is 2.18. The highest BCUT2D eigenvalue weighted by Gasteiger charge is 2.20. The summed E-state index contributed by atoms with van der Waals surface area (Å²) in [5.41, 5.74) is 2.61. The summed E-state index contributed by atoms with van der Waals surface area (Å²) in [5, 5.41) is 3.53. The SMILES string of the molecule is CN=C(NCC(c1ccc(C)cc1)N(C)C)N(C)CC1CCOC1.I. The minimum absolute atomic E-state index is 0. The lowest BCUT2D eigenvalue weighted by molar-refractivity contribution is 0.181. The zero-order valence-electron chi connectivity index (χ0n) is 16.2. The maximum absolute atomic E-state index is 5.47. The Morgan fingerprint density at radius 1 is 1.28 bits per heavy atom. The van der Waals surface area contributed by atoms with Gasteiger partial charge in [-0.05, 0) is 33.0 Å². The molecule has 142 valence electrons. The molecule has 1 aromatic rings. The number of aliphatic imine (C=N–C) groups is 1. The summed E-state index contributed by atoms with van der Waals surface area (Å²) in [4.78, 5) is 8.90. The lowest BCUT2D eigenvalue weighted by atomic mass is 10.0. The first-order valence-electron chi connectivity index (χ1n) is 8.73. The van der Waals surface area contributed by atoms with Gasteiger partial charge in [0.1, 0.15) is 0 Å². The Morgan fingerprint density at radius 2 is 1.96 bits per heavy atom. The fraction of sp³-hybridized carbons (Fsp3) is 0.632. The quantitative estimate of drug-likeness (QED) is 0.403. The van der Waals surface area contributed by atoms with E-state index in [9.17, 15) is 0 Å². The Morgan fingerprint density at radius 3 is 2.48 bits per heavy atom. The van der Waals surface area contributed by atoms with Gasteiger partial charge in [-0.3, -0.25) is 4.99 Å². The van der Waals surface area contributed by atoms with Gasteiger partial charge in [-0.15, -0.1) is 24.0 Å². The van der Waals surface area contributed by atoms with E-state index < -0.39 is 0 Å². The lowest BCUT2D eigenvalue weighted by Crippen LogP contribution is -2.44. The Hall–Kier alpha value is -0.860. The molecule has 1 aliphatic heterocycles. The average Bonchev–Trinajstić information content (AvgIpc) is 3.05. The molecular weight excluding hydrogens is 427 g/mol. The van der Waals surface area contributed by atoms with Crippen molar-refractivity contribution in [2.75, 3.05) is 54.5 Å². The van der Waals surface area contributed by atoms with Crippen molar-refractivity contribution >= 4 is 29.9 Å². The summed E-state index contributed by atoms with van der Waals surface area (Å²) in [6.45, 7) is 5.69. The van der Waals surface area contributed by atoms with Crippen molar-refractivity contribution in [2.45, 2.75) is 19.4 Å². The Bertz CT molecular complexity index is 527. The number of halogens is 1. The van der Waals surface area contributed by atoms with Gasteiger partial charge in [-0.1, -0.05) is 29.8 Å². The van der Waals surface area contributed by atoms with Crippen LogP contribution in [0.2, 0.25) is 0 Å². The van der Waals surface area contributed by atoms with Gasteiger partial charge in [-0.2, -0.15) is 0 Å². The van der Waals surface area contributed by atoms with E-state index in [1.807, 2.05) is 7.05 Å². The normalized spacial score (nSPS) is 18.8. The average molecular weight is 460 g/mol. The van der Waals surface area contributed by atoms with Crippen LogP contribution in [0.4, 0.5) is 0 Å². The largest absolute Gasteiger partial charge is 0.381 e. The predicted molar refractivity (Wildman–Crippen MR) is 116 cm³/mol. The lowest BCUT2D eigenvalue weighted by Gasteiger charge is -2.29. The molecule has 0 amide bonds. The van der Waals surface area contributed by atoms with Gasteiger partial charge >= 0.3 is 0 Å². The molecule has 1 aliphatic rings. The summed E-state index contributed by atoms with van der Waals surface area (Å²) >= 11 is 0. The number of hydrogen-bond donors (Lipinski definition) is 1. The maximum atomic E-state index is 5.47. The van der Waals surface area contributed by atoms with Crippen LogP contribution in [0.25, 0.3) is 0 Å².